The predicted octanol–water partition coefficient (Wildman–Crippen LogP) is 3.28. The lowest BCUT2D eigenvalue weighted by Crippen LogP contribution is -2.67. The molecule has 33 heavy (non-hydrogen) atoms. The summed E-state index contributed by atoms with van der Waals surface area (Å²) in [5.41, 5.74) is 2.46. The molecule has 2 fully saturated rings. The molecule has 2 aromatic rings. The Morgan fingerprint density at radius 3 is 2.61 bits per heavy atom. The van der Waals surface area contributed by atoms with Gasteiger partial charge in [0.05, 0.1) is 26.3 Å². The van der Waals surface area contributed by atoms with E-state index in [1.165, 1.54) is 0 Å². The molecule has 2 amide bonds. The Hall–Kier alpha value is -2.77. The molecule has 3 aliphatic heterocycles. The first kappa shape index (κ1) is 22.0. The Morgan fingerprint density at radius 1 is 1.15 bits per heavy atom. The number of nitrogens with zero attached hydrogens (tertiary/aromatic N) is 2. The Balaban J connectivity index is 1.57. The van der Waals surface area contributed by atoms with E-state index in [0.29, 0.717) is 41.5 Å². The SMILES string of the molecule is COc1cc2c(c(OC)c1)C1C3CCCC(C(=O)N1CC2)N3C(=O)C(O)c1ccc(Cl)cc1. The molecule has 174 valence electrons. The van der Waals surface area contributed by atoms with Crippen molar-refractivity contribution in [1.29, 1.82) is 0 Å². The molecule has 2 aromatic carbocycles. The summed E-state index contributed by atoms with van der Waals surface area (Å²) in [7, 11) is 3.22. The van der Waals surface area contributed by atoms with Crippen LogP contribution in [0.4, 0.5) is 0 Å². The van der Waals surface area contributed by atoms with E-state index >= 15 is 0 Å². The van der Waals surface area contributed by atoms with Gasteiger partial charge in [-0.25, -0.2) is 0 Å². The van der Waals surface area contributed by atoms with Crippen LogP contribution in [0.15, 0.2) is 36.4 Å². The summed E-state index contributed by atoms with van der Waals surface area (Å²) in [4.78, 5) is 30.7. The fraction of sp³-hybridized carbons (Fsp3) is 0.440. The second kappa shape index (κ2) is 8.54. The molecule has 0 spiro atoms. The van der Waals surface area contributed by atoms with Crippen LogP contribution in [0.5, 0.6) is 11.5 Å². The number of carbonyl (C=O) groups is 2. The molecule has 0 radical (unpaired) electrons. The first-order valence-electron chi connectivity index (χ1n) is 11.3. The summed E-state index contributed by atoms with van der Waals surface area (Å²) in [6.07, 6.45) is 1.54. The second-order valence-electron chi connectivity index (χ2n) is 8.84. The van der Waals surface area contributed by atoms with Crippen molar-refractivity contribution in [1.82, 2.24) is 9.80 Å². The number of fused-ring (bicyclic) bond motifs is 6. The molecule has 7 nitrogen and oxygen atoms in total. The number of piperidine rings is 1. The highest BCUT2D eigenvalue weighted by molar-refractivity contribution is 6.30. The summed E-state index contributed by atoms with van der Waals surface area (Å²) < 4.78 is 11.2. The number of halogens is 1. The third kappa shape index (κ3) is 3.54. The molecule has 1 N–H and O–H groups in total. The van der Waals surface area contributed by atoms with E-state index in [-0.39, 0.29) is 18.0 Å². The summed E-state index contributed by atoms with van der Waals surface area (Å²) in [6, 6.07) is 9.28. The summed E-state index contributed by atoms with van der Waals surface area (Å²) in [5, 5.41) is 11.5. The first-order chi connectivity index (χ1) is 15.9. The highest BCUT2D eigenvalue weighted by Gasteiger charge is 2.54. The summed E-state index contributed by atoms with van der Waals surface area (Å²) >= 11 is 5.97. The number of aliphatic hydroxyl groups is 1. The molecule has 5 rings (SSSR count). The van der Waals surface area contributed by atoms with Crippen molar-refractivity contribution in [3.63, 3.8) is 0 Å². The van der Waals surface area contributed by atoms with Crippen LogP contribution in [0.3, 0.4) is 0 Å². The van der Waals surface area contributed by atoms with E-state index < -0.39 is 18.1 Å². The van der Waals surface area contributed by atoms with Crippen molar-refractivity contribution >= 4 is 23.4 Å². The normalized spacial score (nSPS) is 24.6. The lowest BCUT2D eigenvalue weighted by Gasteiger charge is -2.56. The Bertz CT molecular complexity index is 1070. The number of ether oxygens (including phenoxy) is 2. The zero-order valence-corrected chi connectivity index (χ0v) is 19.4. The van der Waals surface area contributed by atoms with Crippen molar-refractivity contribution in [2.45, 2.75) is 49.9 Å². The molecule has 4 atom stereocenters. The standard InChI is InChI=1S/C25H27ClN2O5/c1-32-17-12-15-10-11-27-22(21(15)20(13-17)33-2)18-4-3-5-19(24(27)30)28(18)25(31)23(29)14-6-8-16(26)9-7-14/h6-9,12-13,18-19,22-23,29H,3-5,10-11H2,1-2H3. The zero-order chi connectivity index (χ0) is 23.3. The number of rotatable bonds is 4. The summed E-state index contributed by atoms with van der Waals surface area (Å²) in [6.45, 7) is 0.585. The Morgan fingerprint density at radius 2 is 1.91 bits per heavy atom. The largest absolute Gasteiger partial charge is 0.497 e. The van der Waals surface area contributed by atoms with Gasteiger partial charge >= 0.3 is 0 Å². The molecule has 0 aliphatic carbocycles. The average molecular weight is 471 g/mol. The van der Waals surface area contributed by atoms with Crippen LogP contribution in [0, 0.1) is 0 Å². The molecule has 3 heterocycles. The number of methoxy groups -OCH3 is 2. The van der Waals surface area contributed by atoms with E-state index in [0.717, 1.165) is 24.0 Å². The molecule has 2 saturated heterocycles. The molecule has 0 aromatic heterocycles. The van der Waals surface area contributed by atoms with E-state index in [4.69, 9.17) is 21.1 Å². The van der Waals surface area contributed by atoms with Gasteiger partial charge in [-0.05, 0) is 55.0 Å². The minimum atomic E-state index is -1.36. The maximum absolute atomic E-state index is 13.6. The molecule has 8 heteroatoms. The van der Waals surface area contributed by atoms with E-state index in [2.05, 4.69) is 0 Å². The van der Waals surface area contributed by atoms with Gasteiger partial charge in [-0.1, -0.05) is 23.7 Å². The molecular formula is C25H27ClN2O5. The molecule has 4 unspecified atom stereocenters. The third-order valence-electron chi connectivity index (χ3n) is 7.19. The monoisotopic (exact) mass is 470 g/mol. The fourth-order valence-electron chi connectivity index (χ4n) is 5.69. The number of hydrogen-bond acceptors (Lipinski definition) is 5. The van der Waals surface area contributed by atoms with Crippen LogP contribution in [-0.2, 0) is 16.0 Å². The quantitative estimate of drug-likeness (QED) is 0.741. The topological polar surface area (TPSA) is 79.3 Å². The van der Waals surface area contributed by atoms with Crippen LogP contribution < -0.4 is 9.47 Å². The molecular weight excluding hydrogens is 444 g/mol. The fourth-order valence-corrected chi connectivity index (χ4v) is 5.81. The highest BCUT2D eigenvalue weighted by Crippen LogP contribution is 2.48. The van der Waals surface area contributed by atoms with Crippen LogP contribution in [-0.4, -0.2) is 59.6 Å². The van der Waals surface area contributed by atoms with Gasteiger partial charge in [-0.15, -0.1) is 0 Å². The number of amides is 2. The minimum absolute atomic E-state index is 0.0591. The predicted molar refractivity (Wildman–Crippen MR) is 122 cm³/mol. The number of piperazine rings is 1. The highest BCUT2D eigenvalue weighted by atomic mass is 35.5. The minimum Gasteiger partial charge on any atom is -0.497 e. The third-order valence-corrected chi connectivity index (χ3v) is 7.44. The average Bonchev–Trinajstić information content (AvgIpc) is 2.85. The van der Waals surface area contributed by atoms with Gasteiger partial charge in [0.25, 0.3) is 5.91 Å². The van der Waals surface area contributed by atoms with Gasteiger partial charge < -0.3 is 24.4 Å². The first-order valence-corrected chi connectivity index (χ1v) is 11.6. The number of carbonyl (C=O) groups excluding carboxylic acids is 2. The van der Waals surface area contributed by atoms with E-state index in [1.54, 1.807) is 43.4 Å². The molecule has 3 aliphatic rings. The lowest BCUT2D eigenvalue weighted by atomic mass is 9.77. The van der Waals surface area contributed by atoms with Gasteiger partial charge in [0.15, 0.2) is 6.10 Å². The van der Waals surface area contributed by atoms with Gasteiger partial charge in [0.2, 0.25) is 5.91 Å². The van der Waals surface area contributed by atoms with Crippen LogP contribution in [0.2, 0.25) is 5.02 Å². The number of aliphatic hydroxyl groups excluding tert-OH is 1. The number of benzene rings is 2. The van der Waals surface area contributed by atoms with Crippen LogP contribution in [0.1, 0.15) is 48.1 Å². The van der Waals surface area contributed by atoms with Crippen molar-refractivity contribution in [3.05, 3.63) is 58.1 Å². The van der Waals surface area contributed by atoms with Gasteiger partial charge in [-0.3, -0.25) is 9.59 Å². The maximum atomic E-state index is 13.6. The second-order valence-corrected chi connectivity index (χ2v) is 9.28. The maximum Gasteiger partial charge on any atom is 0.257 e. The van der Waals surface area contributed by atoms with Crippen molar-refractivity contribution < 1.29 is 24.2 Å². The zero-order valence-electron chi connectivity index (χ0n) is 18.7. The van der Waals surface area contributed by atoms with Crippen molar-refractivity contribution in [2.24, 2.45) is 0 Å². The smallest absolute Gasteiger partial charge is 0.257 e. The number of hydrogen-bond donors (Lipinski definition) is 1. The Kier molecular flexibility index (Phi) is 5.70. The van der Waals surface area contributed by atoms with E-state index in [9.17, 15) is 14.7 Å². The van der Waals surface area contributed by atoms with Crippen molar-refractivity contribution in [3.8, 4) is 11.5 Å². The van der Waals surface area contributed by atoms with Crippen molar-refractivity contribution in [2.75, 3.05) is 20.8 Å². The van der Waals surface area contributed by atoms with E-state index in [1.807, 2.05) is 17.0 Å². The molecule has 0 saturated carbocycles. The summed E-state index contributed by atoms with van der Waals surface area (Å²) in [5.74, 6) is 0.853. The van der Waals surface area contributed by atoms with Gasteiger partial charge in [0.1, 0.15) is 17.5 Å². The molecule has 2 bridgehead atoms. The van der Waals surface area contributed by atoms with Crippen LogP contribution in [0.25, 0.3) is 0 Å². The lowest BCUT2D eigenvalue weighted by molar-refractivity contribution is -0.171. The van der Waals surface area contributed by atoms with Crippen LogP contribution >= 0.6 is 11.6 Å². The Labute approximate surface area is 197 Å². The van der Waals surface area contributed by atoms with Gasteiger partial charge in [-0.2, -0.15) is 0 Å². The van der Waals surface area contributed by atoms with Gasteiger partial charge in [0, 0.05) is 23.2 Å².